The van der Waals surface area contributed by atoms with Gasteiger partial charge in [0.25, 0.3) is 5.88 Å². The maximum atomic E-state index is 6.05. The highest BCUT2D eigenvalue weighted by molar-refractivity contribution is 5.85. The summed E-state index contributed by atoms with van der Waals surface area (Å²) in [6.45, 7) is 4.65. The van der Waals surface area contributed by atoms with Gasteiger partial charge in [-0.15, -0.1) is 29.9 Å². The van der Waals surface area contributed by atoms with Crippen molar-refractivity contribution in [1.82, 2.24) is 15.1 Å². The first-order valence-electron chi connectivity index (χ1n) is 8.88. The molecule has 0 bridgehead atoms. The number of hydrogen-bond acceptors (Lipinski definition) is 6. The fraction of sp³-hybridized carbons (Fsp3) is 0.474. The van der Waals surface area contributed by atoms with E-state index in [1.165, 1.54) is 0 Å². The van der Waals surface area contributed by atoms with Crippen LogP contribution in [0.5, 0.6) is 17.4 Å². The van der Waals surface area contributed by atoms with Crippen molar-refractivity contribution in [3.8, 4) is 17.4 Å². The molecule has 0 unspecified atom stereocenters. The minimum atomic E-state index is 0. The molecule has 2 heterocycles. The van der Waals surface area contributed by atoms with Gasteiger partial charge in [-0.25, -0.2) is 0 Å². The molecule has 3 rings (SSSR count). The van der Waals surface area contributed by atoms with Crippen molar-refractivity contribution in [1.29, 1.82) is 0 Å². The van der Waals surface area contributed by atoms with Crippen molar-refractivity contribution in [2.45, 2.75) is 26.2 Å². The van der Waals surface area contributed by atoms with Crippen molar-refractivity contribution < 1.29 is 9.47 Å². The van der Waals surface area contributed by atoms with Crippen LogP contribution in [-0.2, 0) is 0 Å². The van der Waals surface area contributed by atoms with Crippen LogP contribution in [-0.4, -0.2) is 48.9 Å². The Labute approximate surface area is 173 Å². The quantitative estimate of drug-likeness (QED) is 0.583. The Hall–Kier alpha value is -1.76. The minimum absolute atomic E-state index is 0. The van der Waals surface area contributed by atoms with Crippen LogP contribution in [0.25, 0.3) is 0 Å². The molecule has 0 saturated carbocycles. The Bertz CT molecular complexity index is 716. The number of anilines is 2. The van der Waals surface area contributed by atoms with Crippen LogP contribution < -0.4 is 14.4 Å². The summed E-state index contributed by atoms with van der Waals surface area (Å²) in [7, 11) is 4.18. The van der Waals surface area contributed by atoms with Crippen molar-refractivity contribution in [2.75, 3.05) is 38.7 Å². The second-order valence-electron chi connectivity index (χ2n) is 6.44. The van der Waals surface area contributed by atoms with Gasteiger partial charge < -0.3 is 19.3 Å². The molecule has 1 aliphatic heterocycles. The van der Waals surface area contributed by atoms with E-state index in [1.54, 1.807) is 6.20 Å². The third kappa shape index (κ3) is 5.61. The molecule has 0 saturated heterocycles. The molecule has 150 valence electrons. The molecule has 1 aliphatic rings. The Kier molecular flexibility index (Phi) is 9.63. The van der Waals surface area contributed by atoms with Gasteiger partial charge in [0.2, 0.25) is 0 Å². The smallest absolute Gasteiger partial charge is 0.261 e. The number of hydrogen-bond donors (Lipinski definition) is 0. The molecule has 8 heteroatoms. The maximum absolute atomic E-state index is 6.05. The zero-order valence-electron chi connectivity index (χ0n) is 16.1. The van der Waals surface area contributed by atoms with Crippen LogP contribution >= 0.6 is 24.8 Å². The summed E-state index contributed by atoms with van der Waals surface area (Å²) < 4.78 is 12.0. The highest BCUT2D eigenvalue weighted by Gasteiger charge is 2.28. The lowest BCUT2D eigenvalue weighted by Crippen LogP contribution is -2.26. The van der Waals surface area contributed by atoms with Gasteiger partial charge >= 0.3 is 0 Å². The lowest BCUT2D eigenvalue weighted by Gasteiger charge is -2.33. The van der Waals surface area contributed by atoms with Gasteiger partial charge in [0.15, 0.2) is 17.2 Å². The topological polar surface area (TPSA) is 50.7 Å². The third-order valence-corrected chi connectivity index (χ3v) is 4.13. The van der Waals surface area contributed by atoms with E-state index >= 15 is 0 Å². The van der Waals surface area contributed by atoms with E-state index in [0.29, 0.717) is 18.2 Å². The van der Waals surface area contributed by atoms with Gasteiger partial charge in [-0.2, -0.15) is 5.10 Å². The lowest BCUT2D eigenvalue weighted by molar-refractivity contribution is 0.292. The van der Waals surface area contributed by atoms with E-state index in [4.69, 9.17) is 9.47 Å². The molecule has 0 fully saturated rings. The normalized spacial score (nSPS) is 11.6. The average molecular weight is 415 g/mol. The molecular formula is C19H28Cl2N4O2. The summed E-state index contributed by atoms with van der Waals surface area (Å²) in [5.41, 5.74) is 1.92. The van der Waals surface area contributed by atoms with Gasteiger partial charge in [0.05, 0.1) is 18.5 Å². The van der Waals surface area contributed by atoms with Crippen LogP contribution in [0.4, 0.5) is 11.4 Å². The molecule has 0 radical (unpaired) electrons. The number of aromatic nitrogens is 2. The fourth-order valence-corrected chi connectivity index (χ4v) is 2.86. The van der Waals surface area contributed by atoms with Crippen LogP contribution in [0.3, 0.4) is 0 Å². The summed E-state index contributed by atoms with van der Waals surface area (Å²) in [5, 5.41) is 8.28. The number of unbranched alkanes of at least 4 members (excludes halogenated alkanes) is 1. The summed E-state index contributed by atoms with van der Waals surface area (Å²) in [4.78, 5) is 4.43. The Morgan fingerprint density at radius 3 is 2.63 bits per heavy atom. The van der Waals surface area contributed by atoms with Crippen LogP contribution in [0.1, 0.15) is 26.2 Å². The van der Waals surface area contributed by atoms with Gasteiger partial charge in [-0.3, -0.25) is 0 Å². The number of para-hydroxylation sites is 2. The first kappa shape index (κ1) is 23.3. The van der Waals surface area contributed by atoms with Gasteiger partial charge in [0.1, 0.15) is 0 Å². The SMILES string of the molecule is CCCCOc1nncc2c1N(CCCN(C)C)c1ccccc1O2.Cl.Cl. The molecule has 1 aromatic heterocycles. The molecule has 0 N–H and O–H groups in total. The first-order chi connectivity index (χ1) is 12.2. The lowest BCUT2D eigenvalue weighted by atomic mass is 10.2. The average Bonchev–Trinajstić information content (AvgIpc) is 2.61. The Morgan fingerprint density at radius 1 is 1.11 bits per heavy atom. The molecule has 0 spiro atoms. The number of ether oxygens (including phenoxy) is 2. The summed E-state index contributed by atoms with van der Waals surface area (Å²) in [5.74, 6) is 2.09. The number of halogens is 2. The summed E-state index contributed by atoms with van der Waals surface area (Å²) in [6, 6.07) is 8.06. The number of rotatable bonds is 8. The minimum Gasteiger partial charge on any atom is -0.475 e. The van der Waals surface area contributed by atoms with Crippen molar-refractivity contribution in [3.63, 3.8) is 0 Å². The zero-order chi connectivity index (χ0) is 17.6. The predicted molar refractivity (Wildman–Crippen MR) is 114 cm³/mol. The summed E-state index contributed by atoms with van der Waals surface area (Å²) >= 11 is 0. The maximum Gasteiger partial charge on any atom is 0.261 e. The van der Waals surface area contributed by atoms with Crippen molar-refractivity contribution >= 4 is 36.2 Å². The molecule has 1 aromatic carbocycles. The monoisotopic (exact) mass is 414 g/mol. The molecule has 2 aromatic rings. The number of benzene rings is 1. The first-order valence-corrected chi connectivity index (χ1v) is 8.88. The third-order valence-electron chi connectivity index (χ3n) is 4.13. The van der Waals surface area contributed by atoms with Crippen LogP contribution in [0, 0.1) is 0 Å². The molecule has 0 aliphatic carbocycles. The van der Waals surface area contributed by atoms with E-state index in [-0.39, 0.29) is 24.8 Å². The molecule has 0 amide bonds. The van der Waals surface area contributed by atoms with E-state index in [0.717, 1.165) is 49.5 Å². The number of fused-ring (bicyclic) bond motifs is 2. The summed E-state index contributed by atoms with van der Waals surface area (Å²) in [6.07, 6.45) is 4.76. The largest absolute Gasteiger partial charge is 0.475 e. The van der Waals surface area contributed by atoms with Gasteiger partial charge in [-0.05, 0) is 45.6 Å². The molecular weight excluding hydrogens is 387 g/mol. The molecule has 0 atom stereocenters. The Morgan fingerprint density at radius 2 is 1.89 bits per heavy atom. The van der Waals surface area contributed by atoms with E-state index < -0.39 is 0 Å². The second-order valence-corrected chi connectivity index (χ2v) is 6.44. The zero-order valence-corrected chi connectivity index (χ0v) is 17.7. The highest BCUT2D eigenvalue weighted by Crippen LogP contribution is 2.49. The Balaban J connectivity index is 0.00000182. The van der Waals surface area contributed by atoms with Gasteiger partial charge in [0, 0.05) is 6.54 Å². The van der Waals surface area contributed by atoms with E-state index in [9.17, 15) is 0 Å². The van der Waals surface area contributed by atoms with E-state index in [1.807, 2.05) is 18.2 Å². The predicted octanol–water partition coefficient (Wildman–Crippen LogP) is 4.69. The van der Waals surface area contributed by atoms with Crippen LogP contribution in [0.15, 0.2) is 30.5 Å². The highest BCUT2D eigenvalue weighted by atomic mass is 35.5. The molecule has 27 heavy (non-hydrogen) atoms. The second kappa shape index (κ2) is 11.2. The van der Waals surface area contributed by atoms with Crippen LogP contribution in [0.2, 0.25) is 0 Å². The van der Waals surface area contributed by atoms with Gasteiger partial charge in [-0.1, -0.05) is 25.5 Å². The van der Waals surface area contributed by atoms with E-state index in [2.05, 4.69) is 47.1 Å². The standard InChI is InChI=1S/C19H26N4O2.2ClH/c1-4-5-13-24-19-18-17(14-20-21-19)25-16-10-7-6-9-15(16)23(18)12-8-11-22(2)3;;/h6-7,9-10,14H,4-5,8,11-13H2,1-3H3;2*1H. The molecule has 6 nitrogen and oxygen atoms in total. The number of nitrogens with zero attached hydrogens (tertiary/aromatic N) is 4. The van der Waals surface area contributed by atoms with Crippen molar-refractivity contribution in [2.24, 2.45) is 0 Å². The van der Waals surface area contributed by atoms with Crippen molar-refractivity contribution in [3.05, 3.63) is 30.5 Å². The fourth-order valence-electron chi connectivity index (χ4n) is 2.86.